The van der Waals surface area contributed by atoms with Crippen LogP contribution in [0.4, 0.5) is 5.13 Å². The first-order valence-electron chi connectivity index (χ1n) is 9.38. The molecule has 10 heteroatoms. The fraction of sp³-hybridized carbons (Fsp3) is 0.300. The van der Waals surface area contributed by atoms with Gasteiger partial charge in [0.2, 0.25) is 15.9 Å². The van der Waals surface area contributed by atoms with Crippen molar-refractivity contribution in [1.82, 2.24) is 9.29 Å². The van der Waals surface area contributed by atoms with Crippen LogP contribution in [0.3, 0.4) is 0 Å². The van der Waals surface area contributed by atoms with Gasteiger partial charge < -0.3 is 10.1 Å². The van der Waals surface area contributed by atoms with E-state index >= 15 is 0 Å². The summed E-state index contributed by atoms with van der Waals surface area (Å²) in [5.41, 5.74) is 0.691. The van der Waals surface area contributed by atoms with Crippen molar-refractivity contribution in [2.75, 3.05) is 25.5 Å². The van der Waals surface area contributed by atoms with Crippen molar-refractivity contribution in [1.29, 1.82) is 0 Å². The fourth-order valence-corrected chi connectivity index (χ4v) is 6.02. The SMILES string of the molecule is COc1cccc2sc(NC(=O)C3CCCN(S(=O)(=O)c4ccc(Cl)cc4)C3)nc12. The molecule has 2 aromatic carbocycles. The molecule has 1 atom stereocenters. The average Bonchev–Trinajstić information content (AvgIpc) is 3.16. The quantitative estimate of drug-likeness (QED) is 0.615. The van der Waals surface area contributed by atoms with Crippen molar-refractivity contribution in [3.05, 3.63) is 47.5 Å². The average molecular weight is 466 g/mol. The van der Waals surface area contributed by atoms with Crippen LogP contribution in [-0.4, -0.2) is 43.8 Å². The summed E-state index contributed by atoms with van der Waals surface area (Å²) in [6, 6.07) is 11.6. The van der Waals surface area contributed by atoms with Gasteiger partial charge in [-0.05, 0) is 49.2 Å². The van der Waals surface area contributed by atoms with Crippen LogP contribution in [0.2, 0.25) is 5.02 Å². The maximum Gasteiger partial charge on any atom is 0.243 e. The summed E-state index contributed by atoms with van der Waals surface area (Å²) in [4.78, 5) is 17.5. The zero-order valence-electron chi connectivity index (χ0n) is 16.2. The van der Waals surface area contributed by atoms with Gasteiger partial charge in [-0.1, -0.05) is 29.0 Å². The molecule has 1 N–H and O–H groups in total. The first-order chi connectivity index (χ1) is 14.4. The summed E-state index contributed by atoms with van der Waals surface area (Å²) in [6.07, 6.45) is 1.23. The van der Waals surface area contributed by atoms with Crippen LogP contribution in [0.15, 0.2) is 47.4 Å². The highest BCUT2D eigenvalue weighted by Gasteiger charge is 2.33. The summed E-state index contributed by atoms with van der Waals surface area (Å²) >= 11 is 7.22. The number of amides is 1. The van der Waals surface area contributed by atoms with Gasteiger partial charge in [-0.3, -0.25) is 4.79 Å². The van der Waals surface area contributed by atoms with Crippen LogP contribution in [0.25, 0.3) is 10.2 Å². The highest BCUT2D eigenvalue weighted by Crippen LogP contribution is 2.33. The Hall–Kier alpha value is -2.20. The van der Waals surface area contributed by atoms with Crippen LogP contribution in [0.5, 0.6) is 5.75 Å². The number of halogens is 1. The topological polar surface area (TPSA) is 88.6 Å². The normalized spacial score (nSPS) is 17.7. The summed E-state index contributed by atoms with van der Waals surface area (Å²) in [7, 11) is -2.11. The molecule has 7 nitrogen and oxygen atoms in total. The van der Waals surface area contributed by atoms with Gasteiger partial charge in [0.25, 0.3) is 0 Å². The lowest BCUT2D eigenvalue weighted by Gasteiger charge is -2.31. The van der Waals surface area contributed by atoms with Gasteiger partial charge in [0.05, 0.1) is 22.6 Å². The van der Waals surface area contributed by atoms with E-state index in [2.05, 4.69) is 10.3 Å². The second kappa shape index (κ2) is 8.50. The van der Waals surface area contributed by atoms with Crippen LogP contribution < -0.4 is 10.1 Å². The number of nitrogens with one attached hydrogen (secondary N) is 1. The number of benzene rings is 2. The summed E-state index contributed by atoms with van der Waals surface area (Å²) < 4.78 is 33.5. The van der Waals surface area contributed by atoms with E-state index in [1.165, 1.54) is 27.8 Å². The van der Waals surface area contributed by atoms with Crippen LogP contribution in [0, 0.1) is 5.92 Å². The Morgan fingerprint density at radius 1 is 1.27 bits per heavy atom. The van der Waals surface area contributed by atoms with E-state index in [9.17, 15) is 13.2 Å². The van der Waals surface area contributed by atoms with E-state index < -0.39 is 15.9 Å². The van der Waals surface area contributed by atoms with Gasteiger partial charge in [-0.25, -0.2) is 13.4 Å². The minimum Gasteiger partial charge on any atom is -0.494 e. The number of rotatable bonds is 5. The Bertz CT molecular complexity index is 1180. The molecule has 1 fully saturated rings. The lowest BCUT2D eigenvalue weighted by atomic mass is 9.99. The van der Waals surface area contributed by atoms with E-state index in [1.807, 2.05) is 18.2 Å². The lowest BCUT2D eigenvalue weighted by Crippen LogP contribution is -2.43. The van der Waals surface area contributed by atoms with Crippen molar-refractivity contribution in [2.45, 2.75) is 17.7 Å². The number of carbonyl (C=O) groups excluding carboxylic acids is 1. The molecule has 2 heterocycles. The highest BCUT2D eigenvalue weighted by molar-refractivity contribution is 7.89. The second-order valence-electron chi connectivity index (χ2n) is 6.97. The van der Waals surface area contributed by atoms with Crippen LogP contribution >= 0.6 is 22.9 Å². The number of thiazole rings is 1. The predicted molar refractivity (Wildman–Crippen MR) is 118 cm³/mol. The van der Waals surface area contributed by atoms with E-state index in [0.717, 1.165) is 4.70 Å². The zero-order valence-corrected chi connectivity index (χ0v) is 18.6. The molecule has 3 aromatic rings. The second-order valence-corrected chi connectivity index (χ2v) is 10.4. The molecule has 0 aliphatic carbocycles. The number of hydrogen-bond donors (Lipinski definition) is 1. The number of ether oxygens (including phenoxy) is 1. The van der Waals surface area contributed by atoms with Gasteiger partial charge in [-0.2, -0.15) is 4.31 Å². The number of anilines is 1. The first-order valence-corrected chi connectivity index (χ1v) is 12.0. The van der Waals surface area contributed by atoms with Crippen molar-refractivity contribution in [2.24, 2.45) is 5.92 Å². The number of aromatic nitrogens is 1. The maximum absolute atomic E-state index is 12.9. The summed E-state index contributed by atoms with van der Waals surface area (Å²) in [5, 5.41) is 3.78. The molecular formula is C20H20ClN3O4S2. The monoisotopic (exact) mass is 465 g/mol. The lowest BCUT2D eigenvalue weighted by molar-refractivity contribution is -0.120. The number of carbonyl (C=O) groups is 1. The van der Waals surface area contributed by atoms with Crippen molar-refractivity contribution < 1.29 is 17.9 Å². The Kier molecular flexibility index (Phi) is 5.97. The van der Waals surface area contributed by atoms with Gasteiger partial charge in [0.1, 0.15) is 11.3 Å². The van der Waals surface area contributed by atoms with Crippen molar-refractivity contribution >= 4 is 54.2 Å². The standard InChI is InChI=1S/C20H20ClN3O4S2/c1-28-16-5-2-6-17-18(16)22-20(29-17)23-19(25)13-4-3-11-24(12-13)30(26,27)15-9-7-14(21)8-10-15/h2,5-10,13H,3-4,11-12H2,1H3,(H,22,23,25). The molecule has 0 saturated carbocycles. The van der Waals surface area contributed by atoms with Gasteiger partial charge in [0, 0.05) is 18.1 Å². The molecule has 1 aliphatic heterocycles. The largest absolute Gasteiger partial charge is 0.494 e. The van der Waals surface area contributed by atoms with E-state index in [1.54, 1.807) is 19.2 Å². The molecule has 0 radical (unpaired) electrons. The molecule has 1 saturated heterocycles. The molecule has 0 bridgehead atoms. The zero-order chi connectivity index (χ0) is 21.3. The smallest absolute Gasteiger partial charge is 0.243 e. The molecular weight excluding hydrogens is 446 g/mol. The molecule has 30 heavy (non-hydrogen) atoms. The Morgan fingerprint density at radius 3 is 2.77 bits per heavy atom. The number of hydrogen-bond acceptors (Lipinski definition) is 6. The number of methoxy groups -OCH3 is 1. The Balaban J connectivity index is 1.49. The third-order valence-electron chi connectivity index (χ3n) is 5.04. The number of nitrogens with zero attached hydrogens (tertiary/aromatic N) is 2. The van der Waals surface area contributed by atoms with E-state index in [-0.39, 0.29) is 17.3 Å². The summed E-state index contributed by atoms with van der Waals surface area (Å²) in [6.45, 7) is 0.512. The molecule has 1 aliphatic rings. The van der Waals surface area contributed by atoms with Crippen molar-refractivity contribution in [3.8, 4) is 5.75 Å². The van der Waals surface area contributed by atoms with Crippen molar-refractivity contribution in [3.63, 3.8) is 0 Å². The highest BCUT2D eigenvalue weighted by atomic mass is 35.5. The number of piperidine rings is 1. The first kappa shape index (κ1) is 21.0. The minimum atomic E-state index is -3.68. The van der Waals surface area contributed by atoms with Crippen LogP contribution in [-0.2, 0) is 14.8 Å². The molecule has 158 valence electrons. The molecule has 1 aromatic heterocycles. The number of fused-ring (bicyclic) bond motifs is 1. The third-order valence-corrected chi connectivity index (χ3v) is 8.11. The maximum atomic E-state index is 12.9. The molecule has 0 spiro atoms. The minimum absolute atomic E-state index is 0.130. The Morgan fingerprint density at radius 2 is 2.03 bits per heavy atom. The fourth-order valence-electron chi connectivity index (χ4n) is 3.48. The molecule has 4 rings (SSSR count). The molecule has 1 amide bonds. The molecule has 1 unspecified atom stereocenters. The van der Waals surface area contributed by atoms with Gasteiger partial charge >= 0.3 is 0 Å². The summed E-state index contributed by atoms with van der Waals surface area (Å²) in [5.74, 6) is -0.0408. The number of sulfonamides is 1. The number of para-hydroxylation sites is 1. The van der Waals surface area contributed by atoms with Gasteiger partial charge in [0.15, 0.2) is 5.13 Å². The van der Waals surface area contributed by atoms with E-state index in [4.69, 9.17) is 16.3 Å². The predicted octanol–water partition coefficient (Wildman–Crippen LogP) is 4.00. The van der Waals surface area contributed by atoms with E-state index in [0.29, 0.717) is 40.8 Å². The van der Waals surface area contributed by atoms with Crippen LogP contribution in [0.1, 0.15) is 12.8 Å². The third kappa shape index (κ3) is 4.15. The Labute approximate surface area is 183 Å². The van der Waals surface area contributed by atoms with Gasteiger partial charge in [-0.15, -0.1) is 0 Å².